The van der Waals surface area contributed by atoms with Crippen molar-refractivity contribution in [3.05, 3.63) is 30.1 Å². The first-order valence-electron chi connectivity index (χ1n) is 7.57. The van der Waals surface area contributed by atoms with Gasteiger partial charge in [0, 0.05) is 24.5 Å². The SMILES string of the molecule is CC1CC(NC(=O)c2nc(S(C)(=O)=O)n3ccccc23)CCN1.Cl. The highest BCUT2D eigenvalue weighted by molar-refractivity contribution is 7.90. The van der Waals surface area contributed by atoms with Gasteiger partial charge in [-0.05, 0) is 38.4 Å². The van der Waals surface area contributed by atoms with E-state index >= 15 is 0 Å². The molecule has 2 N–H and O–H groups in total. The van der Waals surface area contributed by atoms with Gasteiger partial charge in [-0.3, -0.25) is 9.20 Å². The molecule has 2 aromatic heterocycles. The van der Waals surface area contributed by atoms with Crippen LogP contribution in [0, 0.1) is 0 Å². The minimum Gasteiger partial charge on any atom is -0.348 e. The van der Waals surface area contributed by atoms with E-state index in [0.29, 0.717) is 11.6 Å². The van der Waals surface area contributed by atoms with E-state index in [9.17, 15) is 13.2 Å². The summed E-state index contributed by atoms with van der Waals surface area (Å²) in [5.74, 6) is -0.331. The van der Waals surface area contributed by atoms with Crippen LogP contribution in [0.3, 0.4) is 0 Å². The molecule has 1 aliphatic rings. The maximum Gasteiger partial charge on any atom is 0.272 e. The second-order valence-electron chi connectivity index (χ2n) is 6.02. The molecule has 0 radical (unpaired) electrons. The number of aromatic nitrogens is 2. The smallest absolute Gasteiger partial charge is 0.272 e. The van der Waals surface area contributed by atoms with Crippen molar-refractivity contribution in [1.29, 1.82) is 0 Å². The lowest BCUT2D eigenvalue weighted by molar-refractivity contribution is 0.0922. The molecule has 2 aromatic rings. The standard InChI is InChI=1S/C15H20N4O3S.ClH/c1-10-9-11(6-7-16-10)17-14(20)13-12-5-3-4-8-19(12)15(18-13)23(2,21)22;/h3-5,8,10-11,16H,6-7,9H2,1-2H3,(H,17,20);1H. The van der Waals surface area contributed by atoms with Crippen LogP contribution >= 0.6 is 12.4 Å². The van der Waals surface area contributed by atoms with Crippen LogP contribution in [0.15, 0.2) is 29.6 Å². The Bertz CT molecular complexity index is 850. The number of piperidine rings is 1. The van der Waals surface area contributed by atoms with Gasteiger partial charge in [-0.25, -0.2) is 13.4 Å². The zero-order valence-electron chi connectivity index (χ0n) is 13.5. The van der Waals surface area contributed by atoms with Gasteiger partial charge in [0.15, 0.2) is 5.69 Å². The molecule has 7 nitrogen and oxygen atoms in total. The Kier molecular flexibility index (Phi) is 5.52. The van der Waals surface area contributed by atoms with Gasteiger partial charge >= 0.3 is 0 Å². The van der Waals surface area contributed by atoms with Gasteiger partial charge in [-0.15, -0.1) is 12.4 Å². The second-order valence-corrected chi connectivity index (χ2v) is 7.93. The van der Waals surface area contributed by atoms with E-state index in [1.165, 1.54) is 4.40 Å². The molecule has 0 aromatic carbocycles. The van der Waals surface area contributed by atoms with Crippen LogP contribution in [-0.2, 0) is 9.84 Å². The maximum atomic E-state index is 12.6. The lowest BCUT2D eigenvalue weighted by atomic mass is 10.0. The van der Waals surface area contributed by atoms with Crippen LogP contribution in [0.1, 0.15) is 30.3 Å². The minimum absolute atomic E-state index is 0. The van der Waals surface area contributed by atoms with E-state index in [1.54, 1.807) is 24.4 Å². The summed E-state index contributed by atoms with van der Waals surface area (Å²) in [4.78, 5) is 16.7. The summed E-state index contributed by atoms with van der Waals surface area (Å²) in [7, 11) is -3.52. The zero-order chi connectivity index (χ0) is 16.6. The van der Waals surface area contributed by atoms with Gasteiger partial charge in [0.1, 0.15) is 0 Å². The number of halogens is 1. The number of rotatable bonds is 3. The molecule has 1 fully saturated rings. The van der Waals surface area contributed by atoms with Crippen molar-refractivity contribution in [1.82, 2.24) is 20.0 Å². The van der Waals surface area contributed by atoms with Crippen LogP contribution in [0.2, 0.25) is 0 Å². The maximum absolute atomic E-state index is 12.6. The number of hydrogen-bond donors (Lipinski definition) is 2. The molecule has 3 heterocycles. The first-order chi connectivity index (χ1) is 10.9. The Morgan fingerprint density at radius 2 is 2.17 bits per heavy atom. The lowest BCUT2D eigenvalue weighted by Crippen LogP contribution is -2.46. The van der Waals surface area contributed by atoms with E-state index in [-0.39, 0.29) is 35.2 Å². The molecule has 1 saturated heterocycles. The van der Waals surface area contributed by atoms with Crippen molar-refractivity contribution >= 4 is 33.7 Å². The monoisotopic (exact) mass is 372 g/mol. The number of fused-ring (bicyclic) bond motifs is 1. The summed E-state index contributed by atoms with van der Waals surface area (Å²) in [5.41, 5.74) is 0.643. The van der Waals surface area contributed by atoms with E-state index in [1.807, 2.05) is 0 Å². The van der Waals surface area contributed by atoms with Gasteiger partial charge in [0.25, 0.3) is 5.91 Å². The highest BCUT2D eigenvalue weighted by Gasteiger charge is 2.25. The van der Waals surface area contributed by atoms with Crippen LogP contribution in [0.5, 0.6) is 0 Å². The van der Waals surface area contributed by atoms with Gasteiger partial charge in [0.05, 0.1) is 5.52 Å². The summed E-state index contributed by atoms with van der Waals surface area (Å²) in [6.07, 6.45) is 4.38. The average Bonchev–Trinajstić information content (AvgIpc) is 2.87. The molecular weight excluding hydrogens is 352 g/mol. The van der Waals surface area contributed by atoms with Gasteiger partial charge in [0.2, 0.25) is 15.0 Å². The summed E-state index contributed by atoms with van der Waals surface area (Å²) in [5, 5.41) is 6.19. The predicted molar refractivity (Wildman–Crippen MR) is 93.5 cm³/mol. The number of amides is 1. The number of carbonyl (C=O) groups excluding carboxylic acids is 1. The summed E-state index contributed by atoms with van der Waals surface area (Å²) >= 11 is 0. The Morgan fingerprint density at radius 3 is 2.83 bits per heavy atom. The van der Waals surface area contributed by atoms with E-state index in [4.69, 9.17) is 0 Å². The molecule has 0 aliphatic carbocycles. The second kappa shape index (κ2) is 7.08. The molecule has 2 atom stereocenters. The van der Waals surface area contributed by atoms with Gasteiger partial charge in [-0.2, -0.15) is 0 Å². The fourth-order valence-electron chi connectivity index (χ4n) is 2.96. The third-order valence-electron chi connectivity index (χ3n) is 4.02. The molecule has 0 saturated carbocycles. The third kappa shape index (κ3) is 3.71. The number of hydrogen-bond acceptors (Lipinski definition) is 5. The average molecular weight is 373 g/mol. The molecule has 0 spiro atoms. The van der Waals surface area contributed by atoms with E-state index in [2.05, 4.69) is 22.5 Å². The number of imidazole rings is 1. The number of carbonyl (C=O) groups is 1. The summed E-state index contributed by atoms with van der Waals surface area (Å²) in [6.45, 7) is 2.93. The number of nitrogens with zero attached hydrogens (tertiary/aromatic N) is 2. The van der Waals surface area contributed by atoms with Crippen molar-refractivity contribution in [2.75, 3.05) is 12.8 Å². The Morgan fingerprint density at radius 1 is 1.42 bits per heavy atom. The zero-order valence-corrected chi connectivity index (χ0v) is 15.2. The molecule has 0 bridgehead atoms. The van der Waals surface area contributed by atoms with Crippen LogP contribution in [-0.4, -0.2) is 48.6 Å². The Hall–Kier alpha value is -1.64. The summed E-state index contributed by atoms with van der Waals surface area (Å²) < 4.78 is 25.2. The number of pyridine rings is 1. The van der Waals surface area contributed by atoms with E-state index < -0.39 is 9.84 Å². The molecule has 132 valence electrons. The molecular formula is C15H21ClN4O3S. The molecule has 1 amide bonds. The van der Waals surface area contributed by atoms with Crippen molar-refractivity contribution < 1.29 is 13.2 Å². The fourth-order valence-corrected chi connectivity index (χ4v) is 3.73. The summed E-state index contributed by atoms with van der Waals surface area (Å²) in [6, 6.07) is 5.58. The van der Waals surface area contributed by atoms with Crippen LogP contribution < -0.4 is 10.6 Å². The topological polar surface area (TPSA) is 92.6 Å². The molecule has 2 unspecified atom stereocenters. The fraction of sp³-hybridized carbons (Fsp3) is 0.467. The van der Waals surface area contributed by atoms with Gasteiger partial charge < -0.3 is 10.6 Å². The van der Waals surface area contributed by atoms with Crippen molar-refractivity contribution in [2.45, 2.75) is 37.0 Å². The lowest BCUT2D eigenvalue weighted by Gasteiger charge is -2.28. The third-order valence-corrected chi connectivity index (χ3v) is 4.97. The van der Waals surface area contributed by atoms with Crippen molar-refractivity contribution in [2.24, 2.45) is 0 Å². The molecule has 3 rings (SSSR count). The Balaban J connectivity index is 0.00000208. The van der Waals surface area contributed by atoms with Crippen molar-refractivity contribution in [3.63, 3.8) is 0 Å². The normalized spacial score (nSPS) is 21.2. The largest absolute Gasteiger partial charge is 0.348 e. The van der Waals surface area contributed by atoms with Crippen molar-refractivity contribution in [3.8, 4) is 0 Å². The quantitative estimate of drug-likeness (QED) is 0.839. The number of sulfone groups is 1. The Labute approximate surface area is 147 Å². The van der Waals surface area contributed by atoms with Crippen LogP contribution in [0.25, 0.3) is 5.52 Å². The minimum atomic E-state index is -3.52. The predicted octanol–water partition coefficient (Wildman–Crippen LogP) is 1.03. The van der Waals surface area contributed by atoms with Gasteiger partial charge in [-0.1, -0.05) is 6.07 Å². The highest BCUT2D eigenvalue weighted by atomic mass is 35.5. The number of nitrogens with one attached hydrogen (secondary N) is 2. The van der Waals surface area contributed by atoms with Crippen LogP contribution in [0.4, 0.5) is 0 Å². The first kappa shape index (κ1) is 18.7. The molecule has 9 heteroatoms. The first-order valence-corrected chi connectivity index (χ1v) is 9.47. The van der Waals surface area contributed by atoms with E-state index in [0.717, 1.165) is 25.6 Å². The highest BCUT2D eigenvalue weighted by Crippen LogP contribution is 2.18. The molecule has 24 heavy (non-hydrogen) atoms. The molecule has 1 aliphatic heterocycles.